The molecule has 2 N–H and O–H groups in total. The first-order chi connectivity index (χ1) is 17.0. The molecule has 5 rings (SSSR count). The van der Waals surface area contributed by atoms with E-state index >= 15 is 0 Å². The number of amides is 2. The molecule has 2 saturated heterocycles. The van der Waals surface area contributed by atoms with E-state index in [2.05, 4.69) is 37.7 Å². The van der Waals surface area contributed by atoms with Crippen LogP contribution in [0.25, 0.3) is 11.3 Å². The highest BCUT2D eigenvalue weighted by Crippen LogP contribution is 2.33. The van der Waals surface area contributed by atoms with Crippen molar-refractivity contribution in [2.24, 2.45) is 11.8 Å². The average Bonchev–Trinajstić information content (AvgIpc) is 3.20. The Morgan fingerprint density at radius 1 is 1.23 bits per heavy atom. The lowest BCUT2D eigenvalue weighted by atomic mass is 9.92. The van der Waals surface area contributed by atoms with Gasteiger partial charge in [-0.05, 0) is 62.3 Å². The maximum Gasteiger partial charge on any atom is 0.232 e. The number of nitrogens with zero attached hydrogens (tertiary/aromatic N) is 3. The number of aromatic nitrogens is 2. The zero-order valence-corrected chi connectivity index (χ0v) is 20.6. The smallest absolute Gasteiger partial charge is 0.232 e. The number of fused-ring (bicyclic) bond motifs is 1. The first kappa shape index (κ1) is 23.5. The summed E-state index contributed by atoms with van der Waals surface area (Å²) in [6, 6.07) is 5.92. The van der Waals surface area contributed by atoms with Gasteiger partial charge in [-0.15, -0.1) is 0 Å². The highest BCUT2D eigenvalue weighted by atomic mass is 35.5. The van der Waals surface area contributed by atoms with Crippen molar-refractivity contribution in [3.63, 3.8) is 0 Å². The van der Waals surface area contributed by atoms with E-state index in [-0.39, 0.29) is 23.7 Å². The van der Waals surface area contributed by atoms with Crippen LogP contribution < -0.4 is 15.5 Å². The van der Waals surface area contributed by atoms with Crippen molar-refractivity contribution in [1.29, 1.82) is 0 Å². The van der Waals surface area contributed by atoms with Crippen LogP contribution >= 0.6 is 11.6 Å². The number of pyridine rings is 2. The number of rotatable bonds is 6. The normalized spacial score (nSPS) is 20.1. The van der Waals surface area contributed by atoms with E-state index in [0.29, 0.717) is 18.0 Å². The van der Waals surface area contributed by atoms with Crippen LogP contribution in [-0.4, -0.2) is 41.4 Å². The van der Waals surface area contributed by atoms with Gasteiger partial charge in [0, 0.05) is 49.2 Å². The number of aryl methyl sites for hydroxylation is 1. The second-order valence-electron chi connectivity index (χ2n) is 9.43. The van der Waals surface area contributed by atoms with Gasteiger partial charge < -0.3 is 15.5 Å². The molecule has 0 radical (unpaired) electrons. The van der Waals surface area contributed by atoms with Crippen LogP contribution in [-0.2, 0) is 9.59 Å². The maximum atomic E-state index is 12.8. The highest BCUT2D eigenvalue weighted by molar-refractivity contribution is 6.33. The van der Waals surface area contributed by atoms with Crippen molar-refractivity contribution >= 4 is 29.2 Å². The van der Waals surface area contributed by atoms with Crippen LogP contribution in [0.4, 0.5) is 5.82 Å². The third kappa shape index (κ3) is 4.96. The van der Waals surface area contributed by atoms with Gasteiger partial charge in [0.2, 0.25) is 11.8 Å². The van der Waals surface area contributed by atoms with Crippen molar-refractivity contribution < 1.29 is 9.59 Å². The number of piperidine rings is 1. The highest BCUT2D eigenvalue weighted by Gasteiger charge is 2.34. The molecule has 35 heavy (non-hydrogen) atoms. The summed E-state index contributed by atoms with van der Waals surface area (Å²) in [5.41, 5.74) is 4.85. The van der Waals surface area contributed by atoms with E-state index in [0.717, 1.165) is 72.7 Å². The van der Waals surface area contributed by atoms with Gasteiger partial charge in [-0.25, -0.2) is 4.98 Å². The van der Waals surface area contributed by atoms with Gasteiger partial charge in [-0.2, -0.15) is 0 Å². The lowest BCUT2D eigenvalue weighted by molar-refractivity contribution is -0.126. The zero-order chi connectivity index (χ0) is 24.4. The lowest BCUT2D eigenvalue weighted by Gasteiger charge is -2.32. The molecule has 1 atom stereocenters. The molecule has 2 fully saturated rings. The van der Waals surface area contributed by atoms with E-state index in [1.807, 2.05) is 25.1 Å². The van der Waals surface area contributed by atoms with Crippen LogP contribution in [0.3, 0.4) is 0 Å². The third-order valence-corrected chi connectivity index (χ3v) is 7.47. The summed E-state index contributed by atoms with van der Waals surface area (Å²) >= 11 is 6.44. The Kier molecular flexibility index (Phi) is 6.86. The van der Waals surface area contributed by atoms with Gasteiger partial charge in [0.25, 0.3) is 0 Å². The Balaban J connectivity index is 1.14. The SMILES string of the molecule is Cc1cccnc1-c1cc(N2CCC(C(=O)NCCC3C(=O)NC4=CCCC=C43)CC2)ncc1Cl. The molecule has 0 spiro atoms. The Morgan fingerprint density at radius 3 is 2.83 bits per heavy atom. The molecule has 2 aliphatic heterocycles. The first-order valence-corrected chi connectivity index (χ1v) is 12.7. The number of anilines is 1. The average molecular weight is 492 g/mol. The molecule has 2 amide bonds. The summed E-state index contributed by atoms with van der Waals surface area (Å²) in [6.45, 7) is 4.02. The van der Waals surface area contributed by atoms with Crippen LogP contribution in [0.2, 0.25) is 5.02 Å². The summed E-state index contributed by atoms with van der Waals surface area (Å²) < 4.78 is 0. The van der Waals surface area contributed by atoms with Crippen LogP contribution in [0.15, 0.2) is 54.0 Å². The molecular formula is C27H30ClN5O2. The number of nitrogens with one attached hydrogen (secondary N) is 2. The summed E-state index contributed by atoms with van der Waals surface area (Å²) in [7, 11) is 0. The van der Waals surface area contributed by atoms with Gasteiger partial charge in [0.05, 0.1) is 16.6 Å². The number of carbonyl (C=O) groups is 2. The Labute approximate surface area is 210 Å². The molecule has 7 nitrogen and oxygen atoms in total. The van der Waals surface area contributed by atoms with Gasteiger partial charge in [0.1, 0.15) is 5.82 Å². The third-order valence-electron chi connectivity index (χ3n) is 7.17. The predicted octanol–water partition coefficient (Wildman–Crippen LogP) is 4.18. The van der Waals surface area contributed by atoms with Gasteiger partial charge in [0.15, 0.2) is 0 Å². The molecule has 4 heterocycles. The molecule has 1 aliphatic carbocycles. The molecule has 0 bridgehead atoms. The summed E-state index contributed by atoms with van der Waals surface area (Å²) in [5.74, 6) is 0.785. The molecule has 2 aromatic heterocycles. The second kappa shape index (κ2) is 10.2. The molecule has 8 heteroatoms. The minimum Gasteiger partial charge on any atom is -0.357 e. The number of hydrogen-bond acceptors (Lipinski definition) is 5. The Morgan fingerprint density at radius 2 is 2.03 bits per heavy atom. The van der Waals surface area contributed by atoms with Crippen molar-refractivity contribution in [2.45, 2.75) is 39.0 Å². The summed E-state index contributed by atoms with van der Waals surface area (Å²) in [6.07, 6.45) is 11.8. The van der Waals surface area contributed by atoms with Crippen molar-refractivity contribution in [3.8, 4) is 11.3 Å². The predicted molar refractivity (Wildman–Crippen MR) is 137 cm³/mol. The fraction of sp³-hybridized carbons (Fsp3) is 0.407. The number of carbonyl (C=O) groups excluding carboxylic acids is 2. The molecule has 182 valence electrons. The maximum absolute atomic E-state index is 12.8. The topological polar surface area (TPSA) is 87.2 Å². The fourth-order valence-electron chi connectivity index (χ4n) is 5.20. The molecule has 0 aromatic carbocycles. The fourth-order valence-corrected chi connectivity index (χ4v) is 5.39. The number of halogens is 1. The van der Waals surface area contributed by atoms with Crippen molar-refractivity contribution in [3.05, 3.63) is 64.6 Å². The molecule has 3 aliphatic rings. The van der Waals surface area contributed by atoms with Gasteiger partial charge in [-0.1, -0.05) is 29.8 Å². The van der Waals surface area contributed by atoms with E-state index in [9.17, 15) is 9.59 Å². The summed E-state index contributed by atoms with van der Waals surface area (Å²) in [5, 5.41) is 6.61. The van der Waals surface area contributed by atoms with Gasteiger partial charge in [-0.3, -0.25) is 14.6 Å². The Bertz CT molecular complexity index is 1200. The second-order valence-corrected chi connectivity index (χ2v) is 9.84. The minimum atomic E-state index is -0.156. The molecular weight excluding hydrogens is 462 g/mol. The molecule has 0 saturated carbocycles. The first-order valence-electron chi connectivity index (χ1n) is 12.3. The number of hydrogen-bond donors (Lipinski definition) is 2. The zero-order valence-electron chi connectivity index (χ0n) is 19.9. The summed E-state index contributed by atoms with van der Waals surface area (Å²) in [4.78, 5) is 36.4. The quantitative estimate of drug-likeness (QED) is 0.633. The largest absolute Gasteiger partial charge is 0.357 e. The van der Waals surface area contributed by atoms with Crippen LogP contribution in [0, 0.1) is 18.8 Å². The standard InChI is InChI=1S/C27H30ClN5O2/c1-17-5-4-11-29-25(17)21-15-24(31-16-22(21)28)33-13-9-18(10-14-33)26(34)30-12-8-20-19-6-2-3-7-23(19)32-27(20)35/h4-7,11,15-16,18,20H,2-3,8-10,12-14H2,1H3,(H,30,34)(H,32,35). The number of allylic oxidation sites excluding steroid dienone is 3. The van der Waals surface area contributed by atoms with E-state index in [4.69, 9.17) is 11.6 Å². The monoisotopic (exact) mass is 491 g/mol. The van der Waals surface area contributed by atoms with Gasteiger partial charge >= 0.3 is 0 Å². The Hall–Kier alpha value is -3.19. The molecule has 2 aromatic rings. The van der Waals surface area contributed by atoms with E-state index < -0.39 is 0 Å². The molecule has 1 unspecified atom stereocenters. The lowest BCUT2D eigenvalue weighted by Crippen LogP contribution is -2.41. The van der Waals surface area contributed by atoms with Crippen LogP contribution in [0.5, 0.6) is 0 Å². The van der Waals surface area contributed by atoms with Crippen molar-refractivity contribution in [2.75, 3.05) is 24.5 Å². The van der Waals surface area contributed by atoms with E-state index in [1.54, 1.807) is 12.4 Å². The van der Waals surface area contributed by atoms with E-state index in [1.165, 1.54) is 0 Å². The van der Waals surface area contributed by atoms with Crippen molar-refractivity contribution in [1.82, 2.24) is 20.6 Å². The minimum absolute atomic E-state index is 0.0298. The van der Waals surface area contributed by atoms with Crippen LogP contribution in [0.1, 0.15) is 37.7 Å².